The molecule has 0 amide bonds. The third-order valence-corrected chi connectivity index (χ3v) is 1.39. The molecule has 0 aliphatic heterocycles. The van der Waals surface area contributed by atoms with E-state index < -0.39 is 0 Å². The number of rotatable bonds is 1. The summed E-state index contributed by atoms with van der Waals surface area (Å²) in [5.74, 6) is 0. The van der Waals surface area contributed by atoms with Crippen molar-refractivity contribution < 1.29 is 4.79 Å². The normalized spacial score (nSPS) is 9.40. The fraction of sp³-hybridized carbons (Fsp3) is 0.250. The van der Waals surface area contributed by atoms with Crippen molar-refractivity contribution in [2.75, 3.05) is 0 Å². The number of aryl methyl sites for hydroxylation is 2. The van der Waals surface area contributed by atoms with E-state index in [1.807, 2.05) is 19.9 Å². The zero-order valence-electron chi connectivity index (χ0n) is 6.09. The molecule has 10 heavy (non-hydrogen) atoms. The van der Waals surface area contributed by atoms with Crippen LogP contribution in [0.5, 0.6) is 0 Å². The maximum atomic E-state index is 10.3. The van der Waals surface area contributed by atoms with Crippen LogP contribution in [-0.4, -0.2) is 11.3 Å². The van der Waals surface area contributed by atoms with E-state index in [9.17, 15) is 4.79 Å². The minimum Gasteiger partial charge on any atom is -0.298 e. The number of hydrogen-bond acceptors (Lipinski definition) is 2. The highest BCUT2D eigenvalue weighted by Crippen LogP contribution is 2.03. The molecule has 0 aliphatic rings. The first-order valence-corrected chi connectivity index (χ1v) is 3.12. The monoisotopic (exact) mass is 135 g/mol. The van der Waals surface area contributed by atoms with Crippen LogP contribution >= 0.6 is 0 Å². The third-order valence-electron chi connectivity index (χ3n) is 1.39. The van der Waals surface area contributed by atoms with Gasteiger partial charge in [0.2, 0.25) is 0 Å². The van der Waals surface area contributed by atoms with Gasteiger partial charge in [0.25, 0.3) is 0 Å². The highest BCUT2D eigenvalue weighted by molar-refractivity contribution is 5.76. The molecule has 0 saturated carbocycles. The maximum absolute atomic E-state index is 10.3. The van der Waals surface area contributed by atoms with E-state index in [0.29, 0.717) is 5.56 Å². The summed E-state index contributed by atoms with van der Waals surface area (Å²) < 4.78 is 0. The van der Waals surface area contributed by atoms with Gasteiger partial charge >= 0.3 is 0 Å². The zero-order valence-corrected chi connectivity index (χ0v) is 6.09. The summed E-state index contributed by atoms with van der Waals surface area (Å²) in [5.41, 5.74) is 2.49. The first kappa shape index (κ1) is 6.93. The number of nitrogens with zero attached hydrogens (tertiary/aromatic N) is 1. The summed E-state index contributed by atoms with van der Waals surface area (Å²) in [4.78, 5) is 14.4. The van der Waals surface area contributed by atoms with Gasteiger partial charge in [0.15, 0.2) is 6.29 Å². The average Bonchev–Trinajstić information content (AvgIpc) is 1.94. The summed E-state index contributed by atoms with van der Waals surface area (Å²) >= 11 is 0. The van der Waals surface area contributed by atoms with Crippen molar-refractivity contribution in [3.63, 3.8) is 0 Å². The maximum Gasteiger partial charge on any atom is 0.151 e. The molecule has 1 rings (SSSR count). The third kappa shape index (κ3) is 1.21. The zero-order chi connectivity index (χ0) is 7.56. The molecule has 1 aromatic heterocycles. The number of pyridine rings is 1. The van der Waals surface area contributed by atoms with Gasteiger partial charge in [-0.05, 0) is 25.5 Å². The van der Waals surface area contributed by atoms with Crippen molar-refractivity contribution in [1.82, 2.24) is 4.98 Å². The van der Waals surface area contributed by atoms with Crippen molar-refractivity contribution in [2.45, 2.75) is 13.8 Å². The molecule has 2 heteroatoms. The quantitative estimate of drug-likeness (QED) is 0.546. The number of carbonyl (C=O) groups is 1. The average molecular weight is 135 g/mol. The van der Waals surface area contributed by atoms with Crippen molar-refractivity contribution in [1.29, 1.82) is 0 Å². The second kappa shape index (κ2) is 2.60. The minimum absolute atomic E-state index is 0.681. The minimum atomic E-state index is 0.681. The van der Waals surface area contributed by atoms with E-state index in [1.54, 1.807) is 6.20 Å². The van der Waals surface area contributed by atoms with Gasteiger partial charge in [-0.15, -0.1) is 0 Å². The van der Waals surface area contributed by atoms with Crippen LogP contribution in [0.2, 0.25) is 0 Å². The number of aldehydes is 1. The molecule has 0 N–H and O–H groups in total. The van der Waals surface area contributed by atoms with Gasteiger partial charge in [0, 0.05) is 17.5 Å². The summed E-state index contributed by atoms with van der Waals surface area (Å²) in [6.07, 6.45) is 2.58. The van der Waals surface area contributed by atoms with E-state index in [1.165, 1.54) is 0 Å². The van der Waals surface area contributed by atoms with Crippen LogP contribution in [0, 0.1) is 13.8 Å². The Labute approximate surface area is 59.9 Å². The molecule has 1 heterocycles. The van der Waals surface area contributed by atoms with Crippen LogP contribution in [0.25, 0.3) is 0 Å². The molecule has 0 aromatic carbocycles. The molecule has 0 saturated heterocycles. The Morgan fingerprint density at radius 2 is 2.20 bits per heavy atom. The van der Waals surface area contributed by atoms with Crippen molar-refractivity contribution in [3.05, 3.63) is 29.1 Å². The first-order valence-electron chi connectivity index (χ1n) is 3.12. The SMILES string of the molecule is Cc1cnc(C)c(C=O)c1. The molecule has 0 spiro atoms. The Kier molecular flexibility index (Phi) is 1.81. The van der Waals surface area contributed by atoms with Crippen LogP contribution in [0.4, 0.5) is 0 Å². The number of carbonyl (C=O) groups excluding carboxylic acids is 1. The molecule has 0 bridgehead atoms. The molecule has 0 fully saturated rings. The van der Waals surface area contributed by atoms with Gasteiger partial charge < -0.3 is 0 Å². The van der Waals surface area contributed by atoms with Crippen LogP contribution < -0.4 is 0 Å². The second-order valence-corrected chi connectivity index (χ2v) is 2.31. The predicted octanol–water partition coefficient (Wildman–Crippen LogP) is 1.51. The molecule has 2 nitrogen and oxygen atoms in total. The van der Waals surface area contributed by atoms with E-state index in [4.69, 9.17) is 0 Å². The fourth-order valence-electron chi connectivity index (χ4n) is 0.779. The Bertz CT molecular complexity index is 255. The van der Waals surface area contributed by atoms with E-state index >= 15 is 0 Å². The first-order chi connectivity index (χ1) is 4.74. The van der Waals surface area contributed by atoms with Gasteiger partial charge in [0.05, 0.1) is 0 Å². The summed E-state index contributed by atoms with van der Waals surface area (Å²) in [6.45, 7) is 3.74. The van der Waals surface area contributed by atoms with Crippen LogP contribution in [-0.2, 0) is 0 Å². The Morgan fingerprint density at radius 1 is 1.50 bits per heavy atom. The molecule has 1 aromatic rings. The molecule has 52 valence electrons. The molecular formula is C8H9NO. The Hall–Kier alpha value is -1.18. The molecule has 0 atom stereocenters. The lowest BCUT2D eigenvalue weighted by molar-refractivity contribution is 0.112. The van der Waals surface area contributed by atoms with E-state index in [2.05, 4.69) is 4.98 Å². The number of aromatic nitrogens is 1. The van der Waals surface area contributed by atoms with Crippen LogP contribution in [0.15, 0.2) is 12.3 Å². The van der Waals surface area contributed by atoms with E-state index in [0.717, 1.165) is 17.5 Å². The lowest BCUT2D eigenvalue weighted by atomic mass is 10.2. The van der Waals surface area contributed by atoms with Gasteiger partial charge in [0.1, 0.15) is 0 Å². The molecule has 0 unspecified atom stereocenters. The highest BCUT2D eigenvalue weighted by atomic mass is 16.1. The Morgan fingerprint density at radius 3 is 2.70 bits per heavy atom. The highest BCUT2D eigenvalue weighted by Gasteiger charge is 1.95. The van der Waals surface area contributed by atoms with E-state index in [-0.39, 0.29) is 0 Å². The summed E-state index contributed by atoms with van der Waals surface area (Å²) in [5, 5.41) is 0. The van der Waals surface area contributed by atoms with Crippen molar-refractivity contribution in [2.24, 2.45) is 0 Å². The smallest absolute Gasteiger partial charge is 0.151 e. The van der Waals surface area contributed by atoms with Crippen molar-refractivity contribution >= 4 is 6.29 Å². The van der Waals surface area contributed by atoms with Gasteiger partial charge in [-0.1, -0.05) is 0 Å². The van der Waals surface area contributed by atoms with Crippen LogP contribution in [0.3, 0.4) is 0 Å². The largest absolute Gasteiger partial charge is 0.298 e. The summed E-state index contributed by atoms with van der Waals surface area (Å²) in [7, 11) is 0. The van der Waals surface area contributed by atoms with Crippen LogP contribution in [0.1, 0.15) is 21.6 Å². The molecular weight excluding hydrogens is 126 g/mol. The predicted molar refractivity (Wildman–Crippen MR) is 39.1 cm³/mol. The molecule has 0 radical (unpaired) electrons. The standard InChI is InChI=1S/C8H9NO/c1-6-3-8(5-10)7(2)9-4-6/h3-5H,1-2H3. The van der Waals surface area contributed by atoms with Gasteiger partial charge in [-0.25, -0.2) is 0 Å². The second-order valence-electron chi connectivity index (χ2n) is 2.31. The van der Waals surface area contributed by atoms with Gasteiger partial charge in [-0.3, -0.25) is 9.78 Å². The lowest BCUT2D eigenvalue weighted by Crippen LogP contribution is -1.90. The fourth-order valence-corrected chi connectivity index (χ4v) is 0.779. The Balaban J connectivity index is 3.21. The topological polar surface area (TPSA) is 30.0 Å². The van der Waals surface area contributed by atoms with Gasteiger partial charge in [-0.2, -0.15) is 0 Å². The number of hydrogen-bond donors (Lipinski definition) is 0. The molecule has 0 aliphatic carbocycles. The lowest BCUT2D eigenvalue weighted by Gasteiger charge is -1.96. The summed E-state index contributed by atoms with van der Waals surface area (Å²) in [6, 6.07) is 1.83. The van der Waals surface area contributed by atoms with Crippen molar-refractivity contribution in [3.8, 4) is 0 Å².